The van der Waals surface area contributed by atoms with E-state index in [0.717, 1.165) is 29.6 Å². The summed E-state index contributed by atoms with van der Waals surface area (Å²) >= 11 is 11.5. The van der Waals surface area contributed by atoms with Gasteiger partial charge in [0, 0.05) is 6.54 Å². The Bertz CT molecular complexity index is 805. The van der Waals surface area contributed by atoms with Gasteiger partial charge in [0.1, 0.15) is 5.82 Å². The molecule has 0 fully saturated rings. The Hall–Kier alpha value is -1.65. The molecule has 3 aromatic rings. The molecule has 0 unspecified atom stereocenters. The van der Waals surface area contributed by atoms with Crippen LogP contribution in [0.25, 0.3) is 11.0 Å². The second-order valence-corrected chi connectivity index (χ2v) is 5.39. The van der Waals surface area contributed by atoms with E-state index in [4.69, 9.17) is 23.8 Å². The molecule has 2 nitrogen and oxygen atoms in total. The van der Waals surface area contributed by atoms with Crippen molar-refractivity contribution in [1.82, 2.24) is 9.55 Å². The number of rotatable bonds is 3. The van der Waals surface area contributed by atoms with Crippen molar-refractivity contribution in [2.24, 2.45) is 0 Å². The molecule has 2 aromatic carbocycles. The quantitative estimate of drug-likeness (QED) is 0.694. The summed E-state index contributed by atoms with van der Waals surface area (Å²) in [4.78, 5) is 3.13. The van der Waals surface area contributed by atoms with Crippen LogP contribution in [0.2, 0.25) is 5.02 Å². The fraction of sp³-hybridized carbons (Fsp3) is 0.133. The first kappa shape index (κ1) is 13.3. The van der Waals surface area contributed by atoms with Gasteiger partial charge in [-0.3, -0.25) is 0 Å². The predicted molar refractivity (Wildman–Crippen MR) is 82.2 cm³/mol. The number of nitrogens with one attached hydrogen (secondary N) is 1. The summed E-state index contributed by atoms with van der Waals surface area (Å²) in [6.07, 6.45) is 0.786. The minimum absolute atomic E-state index is 0.218. The van der Waals surface area contributed by atoms with E-state index in [1.807, 2.05) is 22.8 Å². The maximum Gasteiger partial charge on any atom is 0.178 e. The lowest BCUT2D eigenvalue weighted by Gasteiger charge is -2.05. The Balaban J connectivity index is 1.91. The third-order valence-electron chi connectivity index (χ3n) is 3.30. The summed E-state index contributed by atoms with van der Waals surface area (Å²) in [5.74, 6) is -0.218. The Labute approximate surface area is 125 Å². The monoisotopic (exact) mass is 306 g/mol. The van der Waals surface area contributed by atoms with Gasteiger partial charge in [0.25, 0.3) is 0 Å². The molecule has 0 saturated carbocycles. The largest absolute Gasteiger partial charge is 0.329 e. The average molecular weight is 307 g/mol. The second-order valence-electron chi connectivity index (χ2n) is 4.59. The molecular formula is C15H12ClFN2S. The van der Waals surface area contributed by atoms with E-state index in [1.165, 1.54) is 12.1 Å². The smallest absolute Gasteiger partial charge is 0.178 e. The molecular weight excluding hydrogens is 295 g/mol. The molecule has 0 atom stereocenters. The Morgan fingerprint density at radius 1 is 1.15 bits per heavy atom. The third kappa shape index (κ3) is 2.49. The molecule has 0 saturated heterocycles. The van der Waals surface area contributed by atoms with Crippen molar-refractivity contribution in [3.63, 3.8) is 0 Å². The van der Waals surface area contributed by atoms with E-state index < -0.39 is 0 Å². The summed E-state index contributed by atoms with van der Waals surface area (Å²) in [7, 11) is 0. The Kier molecular flexibility index (Phi) is 3.59. The van der Waals surface area contributed by atoms with Crippen molar-refractivity contribution in [2.75, 3.05) is 0 Å². The summed E-state index contributed by atoms with van der Waals surface area (Å²) in [5.41, 5.74) is 2.92. The average Bonchev–Trinajstić information content (AvgIpc) is 2.76. The molecule has 102 valence electrons. The van der Waals surface area contributed by atoms with Gasteiger partial charge in [-0.2, -0.15) is 0 Å². The van der Waals surface area contributed by atoms with Gasteiger partial charge >= 0.3 is 0 Å². The number of hydrogen-bond donors (Lipinski definition) is 1. The topological polar surface area (TPSA) is 20.7 Å². The molecule has 1 N–H and O–H groups in total. The molecule has 0 radical (unpaired) electrons. The number of H-pyrrole nitrogens is 1. The number of benzene rings is 2. The molecule has 0 aliphatic carbocycles. The minimum atomic E-state index is -0.218. The summed E-state index contributed by atoms with van der Waals surface area (Å²) in [6, 6.07) is 12.3. The fourth-order valence-corrected chi connectivity index (χ4v) is 2.77. The van der Waals surface area contributed by atoms with E-state index in [0.29, 0.717) is 9.79 Å². The van der Waals surface area contributed by atoms with E-state index in [2.05, 4.69) is 4.98 Å². The SMILES string of the molecule is Fc1ccc(CCn2c(=S)[nH]c3c(Cl)cccc32)cc1. The van der Waals surface area contributed by atoms with Crippen molar-refractivity contribution in [1.29, 1.82) is 0 Å². The highest BCUT2D eigenvalue weighted by molar-refractivity contribution is 7.71. The highest BCUT2D eigenvalue weighted by Gasteiger charge is 2.07. The number of aromatic amines is 1. The van der Waals surface area contributed by atoms with Gasteiger partial charge in [0.05, 0.1) is 16.1 Å². The fourth-order valence-electron chi connectivity index (χ4n) is 2.26. The lowest BCUT2D eigenvalue weighted by atomic mass is 10.1. The molecule has 0 spiro atoms. The van der Waals surface area contributed by atoms with Crippen LogP contribution in [0.1, 0.15) is 5.56 Å². The highest BCUT2D eigenvalue weighted by atomic mass is 35.5. The van der Waals surface area contributed by atoms with E-state index >= 15 is 0 Å². The summed E-state index contributed by atoms with van der Waals surface area (Å²) in [5, 5.41) is 0.661. The number of para-hydroxylation sites is 1. The van der Waals surface area contributed by atoms with Gasteiger partial charge in [-0.25, -0.2) is 4.39 Å². The normalized spacial score (nSPS) is 11.1. The lowest BCUT2D eigenvalue weighted by Crippen LogP contribution is -2.01. The third-order valence-corrected chi connectivity index (χ3v) is 3.93. The molecule has 0 aliphatic rings. The zero-order valence-corrected chi connectivity index (χ0v) is 12.1. The predicted octanol–water partition coefficient (Wildman–Crippen LogP) is 4.73. The van der Waals surface area contributed by atoms with Gasteiger partial charge in [-0.05, 0) is 48.5 Å². The number of hydrogen-bond acceptors (Lipinski definition) is 1. The molecule has 5 heteroatoms. The van der Waals surface area contributed by atoms with Crippen LogP contribution < -0.4 is 0 Å². The molecule has 1 heterocycles. The van der Waals surface area contributed by atoms with Crippen LogP contribution in [-0.4, -0.2) is 9.55 Å². The molecule has 3 rings (SSSR count). The number of halogens is 2. The van der Waals surface area contributed by atoms with Crippen LogP contribution in [0, 0.1) is 10.6 Å². The van der Waals surface area contributed by atoms with Crippen LogP contribution in [0.4, 0.5) is 4.39 Å². The molecule has 0 bridgehead atoms. The van der Waals surface area contributed by atoms with Gasteiger partial charge in [-0.1, -0.05) is 29.8 Å². The first-order valence-corrected chi connectivity index (χ1v) is 7.05. The number of fused-ring (bicyclic) bond motifs is 1. The van der Waals surface area contributed by atoms with Crippen molar-refractivity contribution in [3.05, 3.63) is 63.6 Å². The van der Waals surface area contributed by atoms with Crippen molar-refractivity contribution < 1.29 is 4.39 Å². The van der Waals surface area contributed by atoms with Crippen LogP contribution in [-0.2, 0) is 13.0 Å². The summed E-state index contributed by atoms with van der Waals surface area (Å²) < 4.78 is 15.5. The van der Waals surface area contributed by atoms with Crippen molar-refractivity contribution >= 4 is 34.9 Å². The van der Waals surface area contributed by atoms with Gasteiger partial charge in [0.15, 0.2) is 4.77 Å². The lowest BCUT2D eigenvalue weighted by molar-refractivity contribution is 0.625. The number of imidazole rings is 1. The first-order valence-electron chi connectivity index (χ1n) is 6.26. The van der Waals surface area contributed by atoms with E-state index in [-0.39, 0.29) is 5.82 Å². The second kappa shape index (κ2) is 5.38. The molecule has 0 amide bonds. The highest BCUT2D eigenvalue weighted by Crippen LogP contribution is 2.22. The van der Waals surface area contributed by atoms with Crippen molar-refractivity contribution in [2.45, 2.75) is 13.0 Å². The van der Waals surface area contributed by atoms with Crippen LogP contribution >= 0.6 is 23.8 Å². The zero-order valence-electron chi connectivity index (χ0n) is 10.6. The standard InChI is InChI=1S/C15H12ClFN2S/c16-12-2-1-3-13-14(12)18-15(20)19(13)9-8-10-4-6-11(17)7-5-10/h1-7H,8-9H2,(H,18,20). The first-order chi connectivity index (χ1) is 9.65. The van der Waals surface area contributed by atoms with E-state index in [1.54, 1.807) is 12.1 Å². The minimum Gasteiger partial charge on any atom is -0.329 e. The zero-order chi connectivity index (χ0) is 14.1. The number of nitrogens with zero attached hydrogens (tertiary/aromatic N) is 1. The van der Waals surface area contributed by atoms with Gasteiger partial charge < -0.3 is 9.55 Å². The van der Waals surface area contributed by atoms with Gasteiger partial charge in [0.2, 0.25) is 0 Å². The van der Waals surface area contributed by atoms with Crippen LogP contribution in [0.15, 0.2) is 42.5 Å². The number of aromatic nitrogens is 2. The molecule has 20 heavy (non-hydrogen) atoms. The van der Waals surface area contributed by atoms with Gasteiger partial charge in [-0.15, -0.1) is 0 Å². The molecule has 0 aliphatic heterocycles. The maximum absolute atomic E-state index is 12.9. The van der Waals surface area contributed by atoms with Crippen molar-refractivity contribution in [3.8, 4) is 0 Å². The Morgan fingerprint density at radius 3 is 2.65 bits per heavy atom. The Morgan fingerprint density at radius 2 is 1.90 bits per heavy atom. The van der Waals surface area contributed by atoms with Crippen LogP contribution in [0.5, 0.6) is 0 Å². The summed E-state index contributed by atoms with van der Waals surface area (Å²) in [6.45, 7) is 0.727. The van der Waals surface area contributed by atoms with E-state index in [9.17, 15) is 4.39 Å². The van der Waals surface area contributed by atoms with Crippen LogP contribution in [0.3, 0.4) is 0 Å². The molecule has 1 aromatic heterocycles. The maximum atomic E-state index is 12.9. The number of aryl methyl sites for hydroxylation is 2.